The number of azide groups is 1. The van der Waals surface area contributed by atoms with E-state index in [1.165, 1.54) is 0 Å². The van der Waals surface area contributed by atoms with Gasteiger partial charge < -0.3 is 4.74 Å². The Bertz CT molecular complexity index is 865. The zero-order valence-corrected chi connectivity index (χ0v) is 14.1. The molecule has 1 heterocycles. The van der Waals surface area contributed by atoms with Crippen molar-refractivity contribution in [3.8, 4) is 0 Å². The van der Waals surface area contributed by atoms with Crippen LogP contribution in [0.2, 0.25) is 0 Å². The molecule has 148 valence electrons. The second-order valence-electron chi connectivity index (χ2n) is 5.53. The number of unbranched alkanes of at least 4 members (excludes halogenated alkanes) is 2. The summed E-state index contributed by atoms with van der Waals surface area (Å²) in [6, 6.07) is 0. The van der Waals surface area contributed by atoms with E-state index in [1.807, 2.05) is 4.91 Å². The van der Waals surface area contributed by atoms with Gasteiger partial charge in [-0.1, -0.05) is 5.11 Å². The standard InChI is InChI=1S/C16H12F4N4O4/c17-11-10(12(18)14(20)15(13(11)19)22-23-21)16(27)28-7-3-1-2-6-24-8(25)4-5-9(24)26/h4-5H,1-3,6-7H2. The van der Waals surface area contributed by atoms with Crippen LogP contribution in [0.1, 0.15) is 29.6 Å². The molecular weight excluding hydrogens is 388 g/mol. The maximum absolute atomic E-state index is 13.8. The molecule has 0 radical (unpaired) electrons. The summed E-state index contributed by atoms with van der Waals surface area (Å²) in [7, 11) is 0. The van der Waals surface area contributed by atoms with Crippen molar-refractivity contribution in [1.82, 2.24) is 4.90 Å². The molecule has 12 heteroatoms. The molecular formula is C16H12F4N4O4. The maximum atomic E-state index is 13.8. The molecule has 0 saturated heterocycles. The lowest BCUT2D eigenvalue weighted by Gasteiger charge is -2.13. The molecule has 0 bridgehead atoms. The first-order chi connectivity index (χ1) is 13.3. The monoisotopic (exact) mass is 400 g/mol. The number of hydrogen-bond donors (Lipinski definition) is 0. The number of imide groups is 1. The summed E-state index contributed by atoms with van der Waals surface area (Å²) in [4.78, 5) is 37.5. The fourth-order valence-corrected chi connectivity index (χ4v) is 2.37. The minimum atomic E-state index is -2.04. The molecule has 0 aromatic heterocycles. The fourth-order valence-electron chi connectivity index (χ4n) is 2.37. The van der Waals surface area contributed by atoms with Gasteiger partial charge in [0, 0.05) is 23.6 Å². The van der Waals surface area contributed by atoms with E-state index in [0.29, 0.717) is 12.8 Å². The number of hydrogen-bond acceptors (Lipinski definition) is 5. The van der Waals surface area contributed by atoms with Crippen LogP contribution in [0, 0.1) is 23.3 Å². The summed E-state index contributed by atoms with van der Waals surface area (Å²) in [5, 5.41) is 2.51. The van der Waals surface area contributed by atoms with Gasteiger partial charge in [0.15, 0.2) is 23.3 Å². The first kappa shape index (κ1) is 20.9. The quantitative estimate of drug-likeness (QED) is 0.0972. The van der Waals surface area contributed by atoms with E-state index in [-0.39, 0.29) is 19.6 Å². The van der Waals surface area contributed by atoms with Gasteiger partial charge in [0.2, 0.25) is 0 Å². The molecule has 0 saturated carbocycles. The van der Waals surface area contributed by atoms with Crippen molar-refractivity contribution in [2.75, 3.05) is 13.2 Å². The Balaban J connectivity index is 1.89. The second kappa shape index (κ2) is 9.00. The van der Waals surface area contributed by atoms with Crippen LogP contribution in [0.4, 0.5) is 23.2 Å². The lowest BCUT2D eigenvalue weighted by Crippen LogP contribution is -2.30. The highest BCUT2D eigenvalue weighted by atomic mass is 19.2. The normalized spacial score (nSPS) is 13.1. The van der Waals surface area contributed by atoms with Gasteiger partial charge in [-0.15, -0.1) is 0 Å². The van der Waals surface area contributed by atoms with Gasteiger partial charge in [-0.3, -0.25) is 14.5 Å². The molecule has 0 spiro atoms. The van der Waals surface area contributed by atoms with Crippen molar-refractivity contribution < 1.29 is 36.7 Å². The molecule has 0 atom stereocenters. The Morgan fingerprint density at radius 2 is 1.57 bits per heavy atom. The average molecular weight is 400 g/mol. The third-order valence-corrected chi connectivity index (χ3v) is 3.75. The second-order valence-corrected chi connectivity index (χ2v) is 5.53. The Kier molecular flexibility index (Phi) is 6.72. The average Bonchev–Trinajstić information content (AvgIpc) is 2.98. The van der Waals surface area contributed by atoms with Gasteiger partial charge in [0.1, 0.15) is 11.3 Å². The molecule has 2 rings (SSSR count). The van der Waals surface area contributed by atoms with Gasteiger partial charge in [-0.25, -0.2) is 22.4 Å². The van der Waals surface area contributed by atoms with Crippen molar-refractivity contribution in [3.63, 3.8) is 0 Å². The summed E-state index contributed by atoms with van der Waals surface area (Å²) >= 11 is 0. The van der Waals surface area contributed by atoms with Gasteiger partial charge in [-0.05, 0) is 24.8 Å². The maximum Gasteiger partial charge on any atom is 0.344 e. The highest BCUT2D eigenvalue weighted by molar-refractivity contribution is 6.12. The van der Waals surface area contributed by atoms with Crippen LogP contribution in [-0.2, 0) is 14.3 Å². The molecule has 1 aromatic rings. The first-order valence-corrected chi connectivity index (χ1v) is 7.91. The SMILES string of the molecule is [N-]=[N+]=Nc1c(F)c(F)c(C(=O)OCCCCCN2C(=O)C=CC2=O)c(F)c1F. The Morgan fingerprint density at radius 3 is 2.11 bits per heavy atom. The van der Waals surface area contributed by atoms with Crippen molar-refractivity contribution in [2.24, 2.45) is 5.11 Å². The number of carbonyl (C=O) groups is 3. The molecule has 8 nitrogen and oxygen atoms in total. The number of esters is 1. The number of amides is 2. The third kappa shape index (κ3) is 4.29. The molecule has 1 aliphatic heterocycles. The lowest BCUT2D eigenvalue weighted by molar-refractivity contribution is -0.136. The topological polar surface area (TPSA) is 112 Å². The van der Waals surface area contributed by atoms with Crippen LogP contribution >= 0.6 is 0 Å². The fraction of sp³-hybridized carbons (Fsp3) is 0.312. The highest BCUT2D eigenvalue weighted by Gasteiger charge is 2.30. The molecule has 2 amide bonds. The first-order valence-electron chi connectivity index (χ1n) is 7.91. The van der Waals surface area contributed by atoms with Crippen molar-refractivity contribution in [1.29, 1.82) is 0 Å². The van der Waals surface area contributed by atoms with Crippen molar-refractivity contribution in [3.05, 3.63) is 51.4 Å². The Hall–Kier alpha value is -3.40. The van der Waals surface area contributed by atoms with Crippen molar-refractivity contribution in [2.45, 2.75) is 19.3 Å². The zero-order chi connectivity index (χ0) is 20.8. The van der Waals surface area contributed by atoms with E-state index in [4.69, 9.17) is 5.53 Å². The molecule has 0 unspecified atom stereocenters. The highest BCUT2D eigenvalue weighted by Crippen LogP contribution is 2.30. The van der Waals surface area contributed by atoms with E-state index in [1.54, 1.807) is 0 Å². The minimum Gasteiger partial charge on any atom is -0.462 e. The predicted molar refractivity (Wildman–Crippen MR) is 85.1 cm³/mol. The largest absolute Gasteiger partial charge is 0.462 e. The third-order valence-electron chi connectivity index (χ3n) is 3.75. The Morgan fingerprint density at radius 1 is 1.00 bits per heavy atom. The van der Waals surface area contributed by atoms with Crippen LogP contribution in [0.25, 0.3) is 10.4 Å². The molecule has 0 N–H and O–H groups in total. The number of rotatable bonds is 8. The predicted octanol–water partition coefficient (Wildman–Crippen LogP) is 3.44. The van der Waals surface area contributed by atoms with E-state index in [0.717, 1.165) is 17.1 Å². The minimum absolute atomic E-state index is 0.152. The van der Waals surface area contributed by atoms with Gasteiger partial charge in [0.05, 0.1) is 6.61 Å². The number of nitrogens with zero attached hydrogens (tertiary/aromatic N) is 4. The lowest BCUT2D eigenvalue weighted by atomic mass is 10.1. The molecule has 1 aliphatic rings. The summed E-state index contributed by atoms with van der Waals surface area (Å²) in [5.41, 5.74) is 5.05. The zero-order valence-electron chi connectivity index (χ0n) is 14.1. The summed E-state index contributed by atoms with van der Waals surface area (Å²) < 4.78 is 59.5. The molecule has 28 heavy (non-hydrogen) atoms. The van der Waals surface area contributed by atoms with Crippen molar-refractivity contribution >= 4 is 23.5 Å². The molecule has 1 aromatic carbocycles. The van der Waals surface area contributed by atoms with Crippen LogP contribution in [0.5, 0.6) is 0 Å². The van der Waals surface area contributed by atoms with Crippen LogP contribution in [0.3, 0.4) is 0 Å². The van der Waals surface area contributed by atoms with Crippen LogP contribution in [0.15, 0.2) is 17.3 Å². The van der Waals surface area contributed by atoms with Crippen LogP contribution in [-0.4, -0.2) is 35.8 Å². The molecule has 0 aliphatic carbocycles. The Labute approximate surface area is 155 Å². The smallest absolute Gasteiger partial charge is 0.344 e. The number of benzene rings is 1. The van der Waals surface area contributed by atoms with Crippen LogP contribution < -0.4 is 0 Å². The van der Waals surface area contributed by atoms with E-state index >= 15 is 0 Å². The van der Waals surface area contributed by atoms with E-state index in [9.17, 15) is 31.9 Å². The number of ether oxygens (including phenoxy) is 1. The summed E-state index contributed by atoms with van der Waals surface area (Å²) in [6.45, 7) is -0.168. The summed E-state index contributed by atoms with van der Waals surface area (Å²) in [5.74, 6) is -10.6. The number of carbonyl (C=O) groups excluding carboxylic acids is 3. The van der Waals surface area contributed by atoms with Gasteiger partial charge >= 0.3 is 5.97 Å². The van der Waals surface area contributed by atoms with Gasteiger partial charge in [0.25, 0.3) is 11.8 Å². The van der Waals surface area contributed by atoms with E-state index < -0.39 is 52.3 Å². The summed E-state index contributed by atoms with van der Waals surface area (Å²) in [6.07, 6.45) is 3.27. The number of halogens is 4. The van der Waals surface area contributed by atoms with E-state index in [2.05, 4.69) is 9.85 Å². The van der Waals surface area contributed by atoms with Gasteiger partial charge in [-0.2, -0.15) is 0 Å². The molecule has 0 fully saturated rings.